The minimum absolute atomic E-state index is 0.322. The molecule has 0 bridgehead atoms. The van der Waals surface area contributed by atoms with E-state index in [2.05, 4.69) is 72.3 Å². The van der Waals surface area contributed by atoms with Crippen molar-refractivity contribution in [1.82, 2.24) is 4.57 Å². The Balaban J connectivity index is 1.89. The van der Waals surface area contributed by atoms with E-state index in [0.717, 1.165) is 30.7 Å². The molecule has 3 aromatic carbocycles. The van der Waals surface area contributed by atoms with E-state index >= 15 is 0 Å². The number of aryl methyl sites for hydroxylation is 1. The Morgan fingerprint density at radius 2 is 1.49 bits per heavy atom. The number of aromatic nitrogens is 1. The van der Waals surface area contributed by atoms with Crippen molar-refractivity contribution in [3.63, 3.8) is 0 Å². The molecule has 0 aliphatic carbocycles. The molecule has 1 heterocycles. The first-order chi connectivity index (χ1) is 16.9. The summed E-state index contributed by atoms with van der Waals surface area (Å²) in [6, 6.07) is 25.1. The third kappa shape index (κ3) is 5.59. The van der Waals surface area contributed by atoms with E-state index in [1.807, 2.05) is 25.1 Å². The Hall–Kier alpha value is -3.53. The van der Waals surface area contributed by atoms with Crippen LogP contribution in [0.3, 0.4) is 0 Å². The first kappa shape index (κ1) is 24.6. The van der Waals surface area contributed by atoms with E-state index in [9.17, 15) is 4.79 Å². The zero-order chi connectivity index (χ0) is 24.8. The molecule has 182 valence electrons. The molecular weight excluding hydrogens is 434 g/mol. The summed E-state index contributed by atoms with van der Waals surface area (Å²) < 4.78 is 14.1. The second-order valence-corrected chi connectivity index (χ2v) is 9.44. The van der Waals surface area contributed by atoms with Crippen LogP contribution in [0.25, 0.3) is 10.9 Å². The number of ether oxygens (including phenoxy) is 2. The molecule has 1 aromatic heterocycles. The standard InChI is InChI=1S/C31H35NO3/c1-5-19-32-22-25(20-23-13-9-7-10-14-23)29-26(21-24-15-11-8-12-16-24)28(18-17-27(29)32)35-31(3,4)30(33)34-6-2/h7-18,22H,5-6,19-21H2,1-4H3. The van der Waals surface area contributed by atoms with Gasteiger partial charge in [-0.3, -0.25) is 0 Å². The number of rotatable bonds is 10. The minimum atomic E-state index is -1.10. The molecule has 0 unspecified atom stereocenters. The molecular formula is C31H35NO3. The first-order valence-electron chi connectivity index (χ1n) is 12.5. The predicted octanol–water partition coefficient (Wildman–Crippen LogP) is 6.95. The lowest BCUT2D eigenvalue weighted by atomic mass is 9.95. The lowest BCUT2D eigenvalue weighted by Gasteiger charge is -2.26. The number of hydrogen-bond donors (Lipinski definition) is 0. The summed E-state index contributed by atoms with van der Waals surface area (Å²) in [4.78, 5) is 12.6. The molecule has 4 rings (SSSR count). The number of hydrogen-bond acceptors (Lipinski definition) is 3. The van der Waals surface area contributed by atoms with Crippen LogP contribution in [0.15, 0.2) is 79.0 Å². The Labute approximate surface area is 208 Å². The topological polar surface area (TPSA) is 40.5 Å². The normalized spacial score (nSPS) is 11.5. The second-order valence-electron chi connectivity index (χ2n) is 9.44. The van der Waals surface area contributed by atoms with Crippen molar-refractivity contribution in [3.05, 3.63) is 101 Å². The van der Waals surface area contributed by atoms with Crippen LogP contribution in [-0.4, -0.2) is 22.7 Å². The number of carbonyl (C=O) groups is 1. The van der Waals surface area contributed by atoms with Crippen LogP contribution in [0.2, 0.25) is 0 Å². The maximum absolute atomic E-state index is 12.6. The van der Waals surface area contributed by atoms with Gasteiger partial charge in [-0.15, -0.1) is 0 Å². The molecule has 0 radical (unpaired) electrons. The summed E-state index contributed by atoms with van der Waals surface area (Å²) in [5.74, 6) is 0.363. The van der Waals surface area contributed by atoms with Gasteiger partial charge in [0.15, 0.2) is 5.60 Å². The Morgan fingerprint density at radius 1 is 0.857 bits per heavy atom. The molecule has 4 aromatic rings. The van der Waals surface area contributed by atoms with Crippen LogP contribution in [0, 0.1) is 0 Å². The summed E-state index contributed by atoms with van der Waals surface area (Å²) >= 11 is 0. The van der Waals surface area contributed by atoms with Crippen LogP contribution in [0.5, 0.6) is 5.75 Å². The highest BCUT2D eigenvalue weighted by Gasteiger charge is 2.33. The molecule has 0 atom stereocenters. The van der Waals surface area contributed by atoms with Gasteiger partial charge in [0.2, 0.25) is 0 Å². The molecule has 0 saturated carbocycles. The van der Waals surface area contributed by atoms with E-state index in [-0.39, 0.29) is 5.97 Å². The van der Waals surface area contributed by atoms with Gasteiger partial charge in [0.1, 0.15) is 5.75 Å². The fourth-order valence-electron chi connectivity index (χ4n) is 4.60. The van der Waals surface area contributed by atoms with Crippen molar-refractivity contribution in [2.24, 2.45) is 0 Å². The van der Waals surface area contributed by atoms with Crippen LogP contribution in [0.4, 0.5) is 0 Å². The SMILES string of the molecule is CCCn1cc(Cc2ccccc2)c2c(Cc3ccccc3)c(OC(C)(C)C(=O)OCC)ccc21. The third-order valence-electron chi connectivity index (χ3n) is 6.25. The third-order valence-corrected chi connectivity index (χ3v) is 6.25. The van der Waals surface area contributed by atoms with Crippen molar-refractivity contribution < 1.29 is 14.3 Å². The second kappa shape index (κ2) is 10.8. The van der Waals surface area contributed by atoms with Gasteiger partial charge < -0.3 is 14.0 Å². The first-order valence-corrected chi connectivity index (χ1v) is 12.5. The molecule has 0 N–H and O–H groups in total. The maximum atomic E-state index is 12.6. The van der Waals surface area contributed by atoms with Gasteiger partial charge in [-0.05, 0) is 62.4 Å². The van der Waals surface area contributed by atoms with Crippen LogP contribution < -0.4 is 4.74 Å². The van der Waals surface area contributed by atoms with Crippen molar-refractivity contribution in [1.29, 1.82) is 0 Å². The molecule has 0 fully saturated rings. The lowest BCUT2D eigenvalue weighted by molar-refractivity contribution is -0.158. The van der Waals surface area contributed by atoms with E-state index in [1.54, 1.807) is 13.8 Å². The number of nitrogens with zero attached hydrogens (tertiary/aromatic N) is 1. The van der Waals surface area contributed by atoms with E-state index in [0.29, 0.717) is 13.0 Å². The Morgan fingerprint density at radius 3 is 2.09 bits per heavy atom. The fraction of sp³-hybridized carbons (Fsp3) is 0.323. The predicted molar refractivity (Wildman–Crippen MR) is 142 cm³/mol. The van der Waals surface area contributed by atoms with Crippen molar-refractivity contribution in [2.75, 3.05) is 6.61 Å². The average Bonchev–Trinajstić information content (AvgIpc) is 3.19. The summed E-state index contributed by atoms with van der Waals surface area (Å²) in [7, 11) is 0. The number of carbonyl (C=O) groups excluding carboxylic acids is 1. The van der Waals surface area contributed by atoms with Crippen molar-refractivity contribution in [2.45, 2.75) is 59.1 Å². The number of benzene rings is 3. The summed E-state index contributed by atoms with van der Waals surface area (Å²) in [5, 5.41) is 1.21. The smallest absolute Gasteiger partial charge is 0.349 e. The van der Waals surface area contributed by atoms with Gasteiger partial charge in [0.25, 0.3) is 0 Å². The van der Waals surface area contributed by atoms with Gasteiger partial charge in [0.05, 0.1) is 6.61 Å². The lowest BCUT2D eigenvalue weighted by Crippen LogP contribution is -2.40. The Bertz CT molecular complexity index is 1270. The highest BCUT2D eigenvalue weighted by molar-refractivity contribution is 5.90. The highest BCUT2D eigenvalue weighted by atomic mass is 16.6. The molecule has 0 aliphatic heterocycles. The van der Waals surface area contributed by atoms with Crippen LogP contribution in [0.1, 0.15) is 56.4 Å². The quantitative estimate of drug-likeness (QED) is 0.236. The number of fused-ring (bicyclic) bond motifs is 1. The summed E-state index contributed by atoms with van der Waals surface area (Å²) in [6.45, 7) is 8.83. The van der Waals surface area contributed by atoms with Gasteiger partial charge in [-0.25, -0.2) is 4.79 Å². The highest BCUT2D eigenvalue weighted by Crippen LogP contribution is 2.37. The van der Waals surface area contributed by atoms with E-state index in [1.165, 1.54) is 27.6 Å². The molecule has 0 amide bonds. The molecule has 4 nitrogen and oxygen atoms in total. The van der Waals surface area contributed by atoms with E-state index < -0.39 is 5.60 Å². The Kier molecular flexibility index (Phi) is 7.60. The van der Waals surface area contributed by atoms with Crippen molar-refractivity contribution >= 4 is 16.9 Å². The monoisotopic (exact) mass is 469 g/mol. The van der Waals surface area contributed by atoms with Crippen LogP contribution in [-0.2, 0) is 28.9 Å². The van der Waals surface area contributed by atoms with Gasteiger partial charge in [-0.2, -0.15) is 0 Å². The van der Waals surface area contributed by atoms with Crippen molar-refractivity contribution in [3.8, 4) is 5.75 Å². The molecule has 35 heavy (non-hydrogen) atoms. The molecule has 0 saturated heterocycles. The van der Waals surface area contributed by atoms with Crippen LogP contribution >= 0.6 is 0 Å². The molecule has 0 aliphatic rings. The summed E-state index contributed by atoms with van der Waals surface area (Å²) in [5.41, 5.74) is 4.95. The van der Waals surface area contributed by atoms with Gasteiger partial charge in [0, 0.05) is 35.6 Å². The van der Waals surface area contributed by atoms with Gasteiger partial charge in [-0.1, -0.05) is 67.6 Å². The van der Waals surface area contributed by atoms with E-state index in [4.69, 9.17) is 9.47 Å². The largest absolute Gasteiger partial charge is 0.476 e. The molecule has 0 spiro atoms. The fourth-order valence-corrected chi connectivity index (χ4v) is 4.60. The molecule has 4 heteroatoms. The average molecular weight is 470 g/mol. The summed E-state index contributed by atoms with van der Waals surface area (Å²) in [6.07, 6.45) is 4.89. The number of esters is 1. The zero-order valence-electron chi connectivity index (χ0n) is 21.2. The maximum Gasteiger partial charge on any atom is 0.349 e. The minimum Gasteiger partial charge on any atom is -0.476 e. The zero-order valence-corrected chi connectivity index (χ0v) is 21.2. The van der Waals surface area contributed by atoms with Gasteiger partial charge >= 0.3 is 5.97 Å².